The summed E-state index contributed by atoms with van der Waals surface area (Å²) in [6.07, 6.45) is 4.71. The Kier molecular flexibility index (Phi) is 11.7. The highest BCUT2D eigenvalue weighted by atomic mass is 16.2. The second-order valence-electron chi connectivity index (χ2n) is 12.1. The van der Waals surface area contributed by atoms with Crippen molar-refractivity contribution in [3.63, 3.8) is 0 Å². The first-order valence-corrected chi connectivity index (χ1v) is 16.6. The van der Waals surface area contributed by atoms with Gasteiger partial charge in [0.15, 0.2) is 6.04 Å². The van der Waals surface area contributed by atoms with Crippen molar-refractivity contribution in [1.29, 1.82) is 0 Å². The number of fused-ring (bicyclic) bond motifs is 1. The molecule has 1 aliphatic rings. The highest BCUT2D eigenvalue weighted by Gasteiger charge is 2.33. The summed E-state index contributed by atoms with van der Waals surface area (Å²) in [6.45, 7) is 0.627. The van der Waals surface area contributed by atoms with Gasteiger partial charge in [-0.15, -0.1) is 0 Å². The van der Waals surface area contributed by atoms with E-state index in [9.17, 15) is 28.8 Å². The lowest BCUT2D eigenvalue weighted by atomic mass is 9.91. The highest BCUT2D eigenvalue weighted by molar-refractivity contribution is 6.38. The number of carbonyl (C=O) groups excluding carboxylic acids is 4. The third-order valence-electron chi connectivity index (χ3n) is 8.78. The molecule has 0 bridgehead atoms. The van der Waals surface area contributed by atoms with Crippen molar-refractivity contribution in [2.45, 2.75) is 56.8 Å². The van der Waals surface area contributed by atoms with E-state index < -0.39 is 47.0 Å². The molecule has 4 aromatic rings. The Labute approximate surface area is 288 Å². The van der Waals surface area contributed by atoms with Gasteiger partial charge in [-0.1, -0.05) is 84.9 Å². The normalized spacial score (nSPS) is 14.2. The van der Waals surface area contributed by atoms with Gasteiger partial charge in [-0.05, 0) is 61.1 Å². The number of primary amides is 1. The topological polar surface area (TPSA) is 193 Å². The Morgan fingerprint density at radius 1 is 0.840 bits per heavy atom. The quantitative estimate of drug-likeness (QED) is 0.0781. The van der Waals surface area contributed by atoms with Crippen LogP contribution in [-0.4, -0.2) is 56.6 Å². The van der Waals surface area contributed by atoms with Crippen molar-refractivity contribution in [2.24, 2.45) is 11.5 Å². The summed E-state index contributed by atoms with van der Waals surface area (Å²) >= 11 is 0. The number of amides is 3. The summed E-state index contributed by atoms with van der Waals surface area (Å²) in [5.74, 6) is -3.28. The van der Waals surface area contributed by atoms with Gasteiger partial charge in [0.05, 0.1) is 12.6 Å². The zero-order valence-corrected chi connectivity index (χ0v) is 27.6. The Morgan fingerprint density at radius 2 is 1.48 bits per heavy atom. The minimum atomic E-state index is -1.23. The summed E-state index contributed by atoms with van der Waals surface area (Å²) in [5.41, 5.74) is 12.7. The second-order valence-corrected chi connectivity index (χ2v) is 12.1. The molecule has 6 N–H and O–H groups in total. The average Bonchev–Trinajstić information content (AvgIpc) is 3.38. The van der Waals surface area contributed by atoms with Crippen LogP contribution >= 0.6 is 0 Å². The van der Waals surface area contributed by atoms with Crippen LogP contribution in [0, 0.1) is 0 Å². The van der Waals surface area contributed by atoms with E-state index in [2.05, 4.69) is 10.6 Å². The number of allylic oxidation sites excluding steroid dienone is 1. The molecule has 0 saturated carbocycles. The van der Waals surface area contributed by atoms with Crippen molar-refractivity contribution in [3.8, 4) is 0 Å². The van der Waals surface area contributed by atoms with Gasteiger partial charge in [0.2, 0.25) is 17.6 Å². The van der Waals surface area contributed by atoms with Crippen LogP contribution in [0.15, 0.2) is 107 Å². The number of aromatic nitrogens is 3. The molecular weight excluding hydrogens is 638 g/mol. The van der Waals surface area contributed by atoms with Crippen LogP contribution in [0.3, 0.4) is 0 Å². The lowest BCUT2D eigenvalue weighted by Gasteiger charge is -2.23. The number of nitrogens with zero attached hydrogens (tertiary/aromatic N) is 3. The Balaban J connectivity index is 1.32. The van der Waals surface area contributed by atoms with Crippen LogP contribution in [0.25, 0.3) is 0 Å². The lowest BCUT2D eigenvalue weighted by molar-refractivity contribution is -0.140. The minimum Gasteiger partial charge on any atom is -0.366 e. The summed E-state index contributed by atoms with van der Waals surface area (Å²) in [4.78, 5) is 78.9. The van der Waals surface area contributed by atoms with Crippen LogP contribution in [-0.2, 0) is 33.9 Å². The first-order valence-electron chi connectivity index (χ1n) is 16.6. The predicted octanol–water partition coefficient (Wildman–Crippen LogP) is 1.40. The number of unbranched alkanes of at least 4 members (excludes halogenated alkanes) is 1. The van der Waals surface area contributed by atoms with Crippen molar-refractivity contribution < 1.29 is 19.2 Å². The molecule has 0 aliphatic carbocycles. The maximum absolute atomic E-state index is 13.9. The first-order chi connectivity index (χ1) is 24.2. The van der Waals surface area contributed by atoms with Gasteiger partial charge in [0.1, 0.15) is 0 Å². The third-order valence-corrected chi connectivity index (χ3v) is 8.78. The summed E-state index contributed by atoms with van der Waals surface area (Å²) in [5, 5.41) is 5.27. The van der Waals surface area contributed by atoms with E-state index in [0.29, 0.717) is 31.4 Å². The molecule has 50 heavy (non-hydrogen) atoms. The molecule has 2 atom stereocenters. The fourth-order valence-electron chi connectivity index (χ4n) is 6.08. The standard InChI is InChI=1S/C37H41N7O6/c38-21-8-7-14-30(32(45)35(48)40-22-20-25-16-18-28(19-17-25)33(39)46)41-34(47)31-15-9-23-43-36(49)42(37(50)44(31)43)24-29(26-10-3-1-4-11-26)27-12-5-2-6-13-27/h1-6,9-13,15-19,29-31H,7-8,14,20-24,38H2,(H2,39,46)(H,40,48)(H,41,47). The number of nitrogens with one attached hydrogen (secondary N) is 2. The Morgan fingerprint density at radius 3 is 2.08 bits per heavy atom. The van der Waals surface area contributed by atoms with Crippen molar-refractivity contribution >= 4 is 23.5 Å². The van der Waals surface area contributed by atoms with E-state index in [1.54, 1.807) is 30.3 Å². The number of hydrogen-bond acceptors (Lipinski definition) is 7. The third kappa shape index (κ3) is 8.24. The fourth-order valence-corrected chi connectivity index (χ4v) is 6.08. The molecule has 5 rings (SSSR count). The predicted molar refractivity (Wildman–Crippen MR) is 187 cm³/mol. The Hall–Kier alpha value is -5.82. The van der Waals surface area contributed by atoms with Crippen LogP contribution in [0.1, 0.15) is 58.3 Å². The zero-order chi connectivity index (χ0) is 35.6. The SMILES string of the molecule is NCCCCC(NC(=O)C1C=CCn2c(=O)n(CC(c3ccccc3)c3ccccc3)c(=O)n21)C(=O)C(=O)NCCc1ccc(C(N)=O)cc1. The van der Waals surface area contributed by atoms with Gasteiger partial charge >= 0.3 is 11.4 Å². The molecule has 1 aromatic heterocycles. The second kappa shape index (κ2) is 16.5. The monoisotopic (exact) mass is 679 g/mol. The minimum absolute atomic E-state index is 0.0443. The van der Waals surface area contributed by atoms with Crippen molar-refractivity contribution in [3.05, 3.63) is 140 Å². The average molecular weight is 680 g/mol. The lowest BCUT2D eigenvalue weighted by Crippen LogP contribution is -2.51. The van der Waals surface area contributed by atoms with E-state index in [0.717, 1.165) is 25.9 Å². The molecule has 260 valence electrons. The number of carbonyl (C=O) groups is 4. The number of rotatable bonds is 16. The fraction of sp³-hybridized carbons (Fsp3) is 0.297. The number of benzene rings is 3. The van der Waals surface area contributed by atoms with Crippen LogP contribution < -0.4 is 33.5 Å². The molecule has 3 amide bonds. The number of nitrogens with two attached hydrogens (primary N) is 2. The van der Waals surface area contributed by atoms with Gasteiger partial charge in [-0.2, -0.15) is 0 Å². The van der Waals surface area contributed by atoms with E-state index in [-0.39, 0.29) is 32.0 Å². The van der Waals surface area contributed by atoms with Gasteiger partial charge in [0.25, 0.3) is 5.91 Å². The summed E-state index contributed by atoms with van der Waals surface area (Å²) in [7, 11) is 0. The molecule has 2 unspecified atom stereocenters. The highest BCUT2D eigenvalue weighted by Crippen LogP contribution is 2.26. The molecule has 0 saturated heterocycles. The number of ketones is 1. The van der Waals surface area contributed by atoms with Gasteiger partial charge in [-0.25, -0.2) is 23.5 Å². The Bertz CT molecular complexity index is 1920. The summed E-state index contributed by atoms with van der Waals surface area (Å²) in [6, 6.07) is 23.3. The largest absolute Gasteiger partial charge is 0.366 e. The van der Waals surface area contributed by atoms with Gasteiger partial charge < -0.3 is 22.1 Å². The van der Waals surface area contributed by atoms with Crippen molar-refractivity contribution in [1.82, 2.24) is 24.6 Å². The number of Topliss-reactive ketones (excluding diaryl/α,β-unsaturated/α-hetero) is 1. The van der Waals surface area contributed by atoms with E-state index in [1.807, 2.05) is 60.7 Å². The summed E-state index contributed by atoms with van der Waals surface area (Å²) < 4.78 is 3.46. The molecular formula is C37H41N7O6. The number of hydrogen-bond donors (Lipinski definition) is 4. The molecule has 3 aromatic carbocycles. The maximum atomic E-state index is 13.9. The molecule has 0 radical (unpaired) electrons. The molecule has 0 spiro atoms. The molecule has 1 aliphatic heterocycles. The van der Waals surface area contributed by atoms with Crippen LogP contribution in [0.5, 0.6) is 0 Å². The van der Waals surface area contributed by atoms with Gasteiger partial charge in [0, 0.05) is 24.6 Å². The molecule has 13 nitrogen and oxygen atoms in total. The molecule has 13 heteroatoms. The van der Waals surface area contributed by atoms with Crippen molar-refractivity contribution in [2.75, 3.05) is 13.1 Å². The van der Waals surface area contributed by atoms with Gasteiger partial charge in [-0.3, -0.25) is 19.2 Å². The maximum Gasteiger partial charge on any atom is 0.348 e. The molecule has 0 fully saturated rings. The van der Waals surface area contributed by atoms with E-state index in [4.69, 9.17) is 11.5 Å². The smallest absolute Gasteiger partial charge is 0.348 e. The van der Waals surface area contributed by atoms with E-state index >= 15 is 0 Å². The van der Waals surface area contributed by atoms with E-state index in [1.165, 1.54) is 10.8 Å². The van der Waals surface area contributed by atoms with Crippen LogP contribution in [0.4, 0.5) is 0 Å². The first kappa shape index (κ1) is 35.5. The zero-order valence-electron chi connectivity index (χ0n) is 27.6. The van der Waals surface area contributed by atoms with Crippen LogP contribution in [0.2, 0.25) is 0 Å². The molecule has 2 heterocycles.